The number of fused-ring (bicyclic) bond motifs is 2. The number of amides is 1. The fourth-order valence-electron chi connectivity index (χ4n) is 6.67. The standard InChI is InChI=1S/C28H39BClN3O5/c1-25(2,3)36-24(34)32-15-20-21(16-32)28(20,29-37-26(4,5)27(6,7)38-29)19-12-17(30)13-22-18(19)14-31-33(22)23-10-8-9-11-35-23/h12-14,20-21,23H,8-11,15-16H2,1-7H3. The molecule has 1 amide bonds. The lowest BCUT2D eigenvalue weighted by Crippen LogP contribution is -2.45. The Morgan fingerprint density at radius 1 is 1.11 bits per heavy atom. The van der Waals surface area contributed by atoms with Gasteiger partial charge in [0.05, 0.1) is 22.9 Å². The minimum Gasteiger partial charge on any atom is -0.444 e. The molecule has 1 aromatic heterocycles. The number of carbonyl (C=O) groups excluding carboxylic acids is 1. The van der Waals surface area contributed by atoms with E-state index in [1.54, 1.807) is 0 Å². The minimum atomic E-state index is -0.540. The molecule has 4 aliphatic rings. The highest BCUT2D eigenvalue weighted by atomic mass is 35.5. The van der Waals surface area contributed by atoms with Gasteiger partial charge in [0, 0.05) is 35.4 Å². The van der Waals surface area contributed by atoms with E-state index in [1.807, 2.05) is 42.6 Å². The SMILES string of the molecule is CC(C)(C)OC(=O)N1CC2C(C1)C2(B1OC(C)(C)C(C)(C)O1)c1cc(Cl)cc2c1cnn2C1CCCCO1. The van der Waals surface area contributed by atoms with Crippen molar-refractivity contribution in [2.24, 2.45) is 11.8 Å². The van der Waals surface area contributed by atoms with Gasteiger partial charge in [0.25, 0.3) is 0 Å². The maximum absolute atomic E-state index is 12.9. The molecule has 1 saturated carbocycles. The summed E-state index contributed by atoms with van der Waals surface area (Å²) < 4.78 is 27.2. The van der Waals surface area contributed by atoms with Gasteiger partial charge in [0.15, 0.2) is 6.23 Å². The highest BCUT2D eigenvalue weighted by Gasteiger charge is 2.79. The average molecular weight is 544 g/mol. The number of benzene rings is 1. The molecule has 4 heterocycles. The first-order valence-corrected chi connectivity index (χ1v) is 14.2. The van der Waals surface area contributed by atoms with Crippen molar-refractivity contribution in [3.63, 3.8) is 0 Å². The Labute approximate surface area is 230 Å². The number of piperidine rings is 1. The highest BCUT2D eigenvalue weighted by Crippen LogP contribution is 2.68. The molecule has 0 bridgehead atoms. The van der Waals surface area contributed by atoms with E-state index in [0.29, 0.717) is 18.1 Å². The minimum absolute atomic E-state index is 0.0956. The van der Waals surface area contributed by atoms with Crippen LogP contribution in [0.1, 0.15) is 79.5 Å². The van der Waals surface area contributed by atoms with E-state index in [2.05, 4.69) is 33.8 Å². The van der Waals surface area contributed by atoms with Crippen molar-refractivity contribution in [3.8, 4) is 0 Å². The zero-order valence-electron chi connectivity index (χ0n) is 23.5. The van der Waals surface area contributed by atoms with Gasteiger partial charge in [0.2, 0.25) is 0 Å². The van der Waals surface area contributed by atoms with E-state index in [0.717, 1.165) is 42.3 Å². The topological polar surface area (TPSA) is 75.0 Å². The van der Waals surface area contributed by atoms with E-state index in [4.69, 9.17) is 35.5 Å². The Morgan fingerprint density at radius 3 is 2.34 bits per heavy atom. The van der Waals surface area contributed by atoms with Gasteiger partial charge in [-0.3, -0.25) is 0 Å². The van der Waals surface area contributed by atoms with Gasteiger partial charge >= 0.3 is 13.2 Å². The van der Waals surface area contributed by atoms with Crippen LogP contribution in [0.2, 0.25) is 5.02 Å². The smallest absolute Gasteiger partial charge is 0.444 e. The Hall–Kier alpha value is -1.81. The van der Waals surface area contributed by atoms with Gasteiger partial charge < -0.3 is 23.7 Å². The summed E-state index contributed by atoms with van der Waals surface area (Å²) in [5.41, 5.74) is 0.541. The highest BCUT2D eigenvalue weighted by molar-refractivity contribution is 6.52. The van der Waals surface area contributed by atoms with E-state index < -0.39 is 29.2 Å². The summed E-state index contributed by atoms with van der Waals surface area (Å²) >= 11 is 6.80. The van der Waals surface area contributed by atoms with Gasteiger partial charge in [-0.15, -0.1) is 0 Å². The molecule has 0 spiro atoms. The monoisotopic (exact) mass is 543 g/mol. The van der Waals surface area contributed by atoms with Gasteiger partial charge in [-0.25, -0.2) is 9.48 Å². The Balaban J connectivity index is 1.41. The normalized spacial score (nSPS) is 32.1. The number of halogens is 1. The van der Waals surface area contributed by atoms with Crippen molar-refractivity contribution in [2.45, 2.75) is 96.1 Å². The first-order valence-electron chi connectivity index (χ1n) is 13.9. The Bertz CT molecular complexity index is 1240. The average Bonchev–Trinajstić information content (AvgIpc) is 3.16. The van der Waals surface area contributed by atoms with Crippen molar-refractivity contribution in [3.05, 3.63) is 28.9 Å². The van der Waals surface area contributed by atoms with Crippen LogP contribution < -0.4 is 0 Å². The summed E-state index contributed by atoms with van der Waals surface area (Å²) in [5.74, 6) is 0.307. The van der Waals surface area contributed by atoms with Gasteiger partial charge in [-0.2, -0.15) is 5.10 Å². The second-order valence-corrected chi connectivity index (χ2v) is 13.9. The molecule has 0 radical (unpaired) electrons. The second-order valence-electron chi connectivity index (χ2n) is 13.4. The number of nitrogens with zero attached hydrogens (tertiary/aromatic N) is 3. The summed E-state index contributed by atoms with van der Waals surface area (Å²) in [4.78, 5) is 14.8. The van der Waals surface area contributed by atoms with Crippen LogP contribution in [-0.2, 0) is 24.1 Å². The predicted octanol–water partition coefficient (Wildman–Crippen LogP) is 5.75. The molecular formula is C28H39BClN3O5. The third-order valence-electron chi connectivity index (χ3n) is 9.31. The van der Waals surface area contributed by atoms with Gasteiger partial charge in [-0.1, -0.05) is 11.6 Å². The maximum atomic E-state index is 12.9. The first-order chi connectivity index (χ1) is 17.7. The summed E-state index contributed by atoms with van der Waals surface area (Å²) in [6, 6.07) is 4.03. The van der Waals surface area contributed by atoms with E-state index in [1.165, 1.54) is 0 Å². The molecule has 3 saturated heterocycles. The van der Waals surface area contributed by atoms with Gasteiger partial charge in [-0.05, 0) is 97.3 Å². The molecule has 3 unspecified atom stereocenters. The zero-order valence-corrected chi connectivity index (χ0v) is 24.3. The molecular weight excluding hydrogens is 505 g/mol. The Morgan fingerprint density at radius 2 is 1.76 bits per heavy atom. The fourth-order valence-corrected chi connectivity index (χ4v) is 6.89. The summed E-state index contributed by atoms with van der Waals surface area (Å²) in [7, 11) is -0.473. The molecule has 2 aromatic rings. The molecule has 6 rings (SSSR count). The van der Waals surface area contributed by atoms with Crippen molar-refractivity contribution in [1.29, 1.82) is 0 Å². The van der Waals surface area contributed by atoms with Crippen LogP contribution in [0.25, 0.3) is 10.9 Å². The van der Waals surface area contributed by atoms with Crippen molar-refractivity contribution in [2.75, 3.05) is 19.7 Å². The number of rotatable bonds is 3. The van der Waals surface area contributed by atoms with Crippen molar-refractivity contribution in [1.82, 2.24) is 14.7 Å². The number of hydrogen-bond donors (Lipinski definition) is 0. The largest absolute Gasteiger partial charge is 0.469 e. The lowest BCUT2D eigenvalue weighted by Gasteiger charge is -2.32. The maximum Gasteiger partial charge on any atom is 0.469 e. The molecule has 1 aromatic carbocycles. The van der Waals surface area contributed by atoms with E-state index in [9.17, 15) is 4.79 Å². The fraction of sp³-hybridized carbons (Fsp3) is 0.714. The number of aromatic nitrogens is 2. The van der Waals surface area contributed by atoms with Crippen LogP contribution in [0, 0.1) is 11.8 Å². The van der Waals surface area contributed by atoms with Crippen LogP contribution in [0.3, 0.4) is 0 Å². The zero-order chi connectivity index (χ0) is 27.3. The number of ether oxygens (including phenoxy) is 2. The van der Waals surface area contributed by atoms with Crippen LogP contribution in [0.5, 0.6) is 0 Å². The lowest BCUT2D eigenvalue weighted by molar-refractivity contribution is -0.0366. The molecule has 4 fully saturated rings. The molecule has 38 heavy (non-hydrogen) atoms. The molecule has 0 N–H and O–H groups in total. The summed E-state index contributed by atoms with van der Waals surface area (Å²) in [5, 5.41) is 6.03. The third-order valence-corrected chi connectivity index (χ3v) is 9.53. The molecule has 1 aliphatic carbocycles. The summed E-state index contributed by atoms with van der Waals surface area (Å²) in [6.45, 7) is 15.9. The molecule has 3 atom stereocenters. The van der Waals surface area contributed by atoms with Crippen molar-refractivity contribution >= 4 is 35.7 Å². The van der Waals surface area contributed by atoms with Crippen LogP contribution in [0.4, 0.5) is 4.79 Å². The number of likely N-dealkylation sites (tertiary alicyclic amines) is 1. The van der Waals surface area contributed by atoms with Crippen LogP contribution >= 0.6 is 11.6 Å². The number of carbonyl (C=O) groups is 1. The van der Waals surface area contributed by atoms with Gasteiger partial charge in [0.1, 0.15) is 5.60 Å². The number of hydrogen-bond acceptors (Lipinski definition) is 6. The Kier molecular flexibility index (Phi) is 5.98. The molecule has 3 aliphatic heterocycles. The predicted molar refractivity (Wildman–Crippen MR) is 146 cm³/mol. The molecule has 10 heteroatoms. The molecule has 8 nitrogen and oxygen atoms in total. The third kappa shape index (κ3) is 3.99. The van der Waals surface area contributed by atoms with E-state index in [-0.39, 0.29) is 24.2 Å². The molecule has 206 valence electrons. The lowest BCUT2D eigenvalue weighted by atomic mass is 9.60. The van der Waals surface area contributed by atoms with Crippen LogP contribution in [-0.4, -0.2) is 64.4 Å². The summed E-state index contributed by atoms with van der Waals surface area (Å²) in [6.07, 6.45) is 4.68. The first kappa shape index (κ1) is 26.4. The van der Waals surface area contributed by atoms with E-state index >= 15 is 0 Å². The second kappa shape index (κ2) is 8.60. The van der Waals surface area contributed by atoms with Crippen molar-refractivity contribution < 1.29 is 23.6 Å². The van der Waals surface area contributed by atoms with Crippen LogP contribution in [0.15, 0.2) is 18.3 Å². The quantitative estimate of drug-likeness (QED) is 0.459.